The van der Waals surface area contributed by atoms with E-state index in [9.17, 15) is 43.2 Å². The topological polar surface area (TPSA) is 237 Å². The zero-order valence-electron chi connectivity index (χ0n) is 62.6. The van der Waals surface area contributed by atoms with Crippen molar-refractivity contribution in [1.82, 2.24) is 0 Å². The number of phosphoric ester groups is 2. The third-order valence-electron chi connectivity index (χ3n) is 15.9. The maximum absolute atomic E-state index is 13.1. The molecule has 19 heteroatoms. The van der Waals surface area contributed by atoms with Gasteiger partial charge >= 0.3 is 39.5 Å². The summed E-state index contributed by atoms with van der Waals surface area (Å²) in [5.41, 5.74) is 0. The van der Waals surface area contributed by atoms with Crippen molar-refractivity contribution in [3.63, 3.8) is 0 Å². The Morgan fingerprint density at radius 1 is 0.290 bits per heavy atom. The second-order valence-electron chi connectivity index (χ2n) is 25.5. The van der Waals surface area contributed by atoms with Gasteiger partial charge in [-0.3, -0.25) is 37.3 Å². The first kappa shape index (κ1) is 95.5. The molecule has 0 rings (SSSR count). The van der Waals surface area contributed by atoms with E-state index >= 15 is 0 Å². The van der Waals surface area contributed by atoms with Crippen LogP contribution in [0.5, 0.6) is 0 Å². The Hall–Kier alpha value is -4.54. The van der Waals surface area contributed by atoms with E-state index in [1.807, 2.05) is 12.2 Å². The lowest BCUT2D eigenvalue weighted by Gasteiger charge is -2.21. The van der Waals surface area contributed by atoms with Crippen molar-refractivity contribution in [3.05, 3.63) is 122 Å². The minimum atomic E-state index is -4.99. The molecule has 0 saturated heterocycles. The number of allylic oxidation sites excluding steroid dienone is 20. The summed E-state index contributed by atoms with van der Waals surface area (Å²) >= 11 is 0. The average Bonchev–Trinajstić information content (AvgIpc) is 1.06. The monoisotopic (exact) mass is 1440 g/mol. The highest BCUT2D eigenvalue weighted by atomic mass is 31.2. The third kappa shape index (κ3) is 71.8. The molecule has 0 aliphatic carbocycles. The number of phosphoric acid groups is 2. The molecule has 3 N–H and O–H groups in total. The molecule has 17 nitrogen and oxygen atoms in total. The molecule has 0 amide bonds. The van der Waals surface area contributed by atoms with Gasteiger partial charge in [0.05, 0.1) is 26.4 Å². The molecule has 100 heavy (non-hydrogen) atoms. The van der Waals surface area contributed by atoms with Crippen LogP contribution >= 0.6 is 15.6 Å². The Morgan fingerprint density at radius 3 is 0.880 bits per heavy atom. The summed E-state index contributed by atoms with van der Waals surface area (Å²) in [6, 6.07) is 0. The number of carbonyl (C=O) groups is 4. The van der Waals surface area contributed by atoms with E-state index < -0.39 is 97.5 Å². The average molecular weight is 1450 g/mol. The molecule has 574 valence electrons. The molecule has 0 heterocycles. The van der Waals surface area contributed by atoms with Crippen LogP contribution in [0.3, 0.4) is 0 Å². The standard InChI is InChI=1S/C81H138O17P2/c1-5-9-13-17-21-25-29-33-36-37-40-43-46-50-54-58-62-66-79(84)92-72-77(98-81(86)68-64-60-56-52-48-44-39-35-31-27-23-19-15-11-7-3)74-96-100(89,90)94-70-75(82)69-93-99(87,88)95-73-76(97-80(85)67-63-59-55-51-47-41-32-28-24-20-16-12-8-4)71-91-78(83)65-61-57-53-49-45-42-38-34-30-26-22-18-14-10-6-2/h9-10,13-14,21-22,25-26,28,32-34,36,38,40,43,45,49-50,54,75-77,82H,5-8,11-12,15-20,23-24,27,29-31,35,37,39,41-42,44,46-48,51-53,55-74H2,1-4H3,(H,87,88)(H,89,90)/b13-9-,14-10-,25-21-,26-22-,32-28-,36-33-,38-34-,43-40-,49-45-,54-50-. The summed E-state index contributed by atoms with van der Waals surface area (Å²) in [5.74, 6) is -2.29. The summed E-state index contributed by atoms with van der Waals surface area (Å²) in [7, 11) is -9.98. The number of aliphatic hydroxyl groups excluding tert-OH is 1. The number of aliphatic hydroxyl groups is 1. The highest BCUT2D eigenvalue weighted by Gasteiger charge is 2.30. The van der Waals surface area contributed by atoms with E-state index in [-0.39, 0.29) is 25.7 Å². The number of rotatable bonds is 72. The highest BCUT2D eigenvalue weighted by Crippen LogP contribution is 2.45. The molecule has 0 spiro atoms. The van der Waals surface area contributed by atoms with Crippen molar-refractivity contribution < 1.29 is 80.2 Å². The number of ether oxygens (including phenoxy) is 4. The number of carbonyl (C=O) groups excluding carboxylic acids is 4. The zero-order chi connectivity index (χ0) is 73.2. The van der Waals surface area contributed by atoms with Crippen LogP contribution in [0.15, 0.2) is 122 Å². The van der Waals surface area contributed by atoms with Gasteiger partial charge in [0.2, 0.25) is 0 Å². The molecule has 0 bridgehead atoms. The molecule has 0 aliphatic heterocycles. The summed E-state index contributed by atoms with van der Waals surface area (Å²) in [6.07, 6.45) is 79.1. The molecule has 0 aromatic carbocycles. The summed E-state index contributed by atoms with van der Waals surface area (Å²) in [5, 5.41) is 10.6. The Morgan fingerprint density at radius 2 is 0.530 bits per heavy atom. The number of esters is 4. The van der Waals surface area contributed by atoms with Crippen LogP contribution in [0, 0.1) is 0 Å². The molecule has 0 saturated carbocycles. The molecule has 0 fully saturated rings. The fourth-order valence-corrected chi connectivity index (χ4v) is 11.6. The van der Waals surface area contributed by atoms with Gasteiger partial charge in [0, 0.05) is 25.7 Å². The minimum absolute atomic E-state index is 0.0730. The largest absolute Gasteiger partial charge is 0.472 e. The van der Waals surface area contributed by atoms with Crippen molar-refractivity contribution in [1.29, 1.82) is 0 Å². The second-order valence-corrected chi connectivity index (χ2v) is 28.4. The molecule has 0 aromatic heterocycles. The van der Waals surface area contributed by atoms with Crippen molar-refractivity contribution in [2.75, 3.05) is 39.6 Å². The Balaban J connectivity index is 5.43. The molecular formula is C81H138O17P2. The summed E-state index contributed by atoms with van der Waals surface area (Å²) in [4.78, 5) is 72.9. The second kappa shape index (κ2) is 72.8. The van der Waals surface area contributed by atoms with Crippen molar-refractivity contribution in [2.45, 2.75) is 329 Å². The normalized spacial score (nSPS) is 14.6. The van der Waals surface area contributed by atoms with Crippen LogP contribution in [-0.4, -0.2) is 96.7 Å². The number of hydrogen-bond acceptors (Lipinski definition) is 15. The Kier molecular flexibility index (Phi) is 69.5. The quantitative estimate of drug-likeness (QED) is 0.0169. The van der Waals surface area contributed by atoms with Gasteiger partial charge in [0.1, 0.15) is 19.3 Å². The smallest absolute Gasteiger partial charge is 0.462 e. The van der Waals surface area contributed by atoms with Gasteiger partial charge in [0.15, 0.2) is 12.2 Å². The first-order valence-corrected chi connectivity index (χ1v) is 41.8. The van der Waals surface area contributed by atoms with Crippen LogP contribution in [0.4, 0.5) is 0 Å². The van der Waals surface area contributed by atoms with Crippen LogP contribution in [0.25, 0.3) is 0 Å². The summed E-state index contributed by atoms with van der Waals surface area (Å²) < 4.78 is 68.4. The van der Waals surface area contributed by atoms with E-state index in [4.69, 9.17) is 37.0 Å². The Bertz CT molecular complexity index is 2370. The predicted octanol–water partition coefficient (Wildman–Crippen LogP) is 22.3. The van der Waals surface area contributed by atoms with E-state index in [0.717, 1.165) is 135 Å². The van der Waals surface area contributed by atoms with Gasteiger partial charge in [-0.05, 0) is 128 Å². The molecule has 0 radical (unpaired) electrons. The van der Waals surface area contributed by atoms with Gasteiger partial charge < -0.3 is 33.8 Å². The van der Waals surface area contributed by atoms with E-state index in [2.05, 4.69) is 137 Å². The van der Waals surface area contributed by atoms with Crippen LogP contribution in [0.2, 0.25) is 0 Å². The van der Waals surface area contributed by atoms with Gasteiger partial charge in [0.25, 0.3) is 0 Å². The van der Waals surface area contributed by atoms with Gasteiger partial charge in [-0.25, -0.2) is 9.13 Å². The molecule has 0 aromatic rings. The van der Waals surface area contributed by atoms with Crippen LogP contribution in [0.1, 0.15) is 310 Å². The highest BCUT2D eigenvalue weighted by molar-refractivity contribution is 7.47. The van der Waals surface area contributed by atoms with Crippen molar-refractivity contribution in [2.24, 2.45) is 0 Å². The first-order chi connectivity index (χ1) is 48.7. The maximum Gasteiger partial charge on any atom is 0.472 e. The van der Waals surface area contributed by atoms with E-state index in [1.165, 1.54) is 89.9 Å². The third-order valence-corrected chi connectivity index (χ3v) is 17.8. The molecular weight excluding hydrogens is 1310 g/mol. The minimum Gasteiger partial charge on any atom is -0.462 e. The Labute approximate surface area is 606 Å². The fraction of sp³-hybridized carbons (Fsp3) is 0.704. The zero-order valence-corrected chi connectivity index (χ0v) is 64.4. The van der Waals surface area contributed by atoms with E-state index in [1.54, 1.807) is 0 Å². The van der Waals surface area contributed by atoms with E-state index in [0.29, 0.717) is 32.1 Å². The molecule has 5 unspecified atom stereocenters. The molecule has 0 aliphatic rings. The first-order valence-electron chi connectivity index (χ1n) is 38.8. The predicted molar refractivity (Wildman–Crippen MR) is 408 cm³/mol. The van der Waals surface area contributed by atoms with Crippen molar-refractivity contribution in [3.8, 4) is 0 Å². The lowest BCUT2D eigenvalue weighted by molar-refractivity contribution is -0.161. The lowest BCUT2D eigenvalue weighted by Crippen LogP contribution is -2.30. The molecule has 5 atom stereocenters. The lowest BCUT2D eigenvalue weighted by atomic mass is 10.0. The summed E-state index contributed by atoms with van der Waals surface area (Å²) in [6.45, 7) is 4.53. The van der Waals surface area contributed by atoms with Gasteiger partial charge in [-0.15, -0.1) is 0 Å². The van der Waals surface area contributed by atoms with Crippen LogP contribution < -0.4 is 0 Å². The number of unbranched alkanes of at least 4 members (excludes halogenated alkanes) is 26. The van der Waals surface area contributed by atoms with Crippen LogP contribution in [-0.2, 0) is 65.4 Å². The number of hydrogen-bond donors (Lipinski definition) is 3. The van der Waals surface area contributed by atoms with Crippen molar-refractivity contribution >= 4 is 39.5 Å². The maximum atomic E-state index is 13.1. The SMILES string of the molecule is CC/C=C\C/C=C\C/C=C\C/C=C\C/C=C\CCCC(=O)OCC(COP(=O)(O)OCC(O)COP(=O)(O)OCC(COC(=O)CCCC/C=C\C/C=C\C/C=C\C/C=C\CC)OC(=O)CCCCCCC/C=C\CCCCCC)OC(=O)CCCCCCCCCCCCCCCCC. The van der Waals surface area contributed by atoms with Gasteiger partial charge in [-0.1, -0.05) is 278 Å². The fourth-order valence-electron chi connectivity index (χ4n) is 10.1. The van der Waals surface area contributed by atoms with Gasteiger partial charge in [-0.2, -0.15) is 0 Å².